The van der Waals surface area contributed by atoms with Gasteiger partial charge in [0.2, 0.25) is 0 Å². The van der Waals surface area contributed by atoms with Gasteiger partial charge in [0.1, 0.15) is 5.01 Å². The van der Waals surface area contributed by atoms with Crippen LogP contribution in [0.25, 0.3) is 0 Å². The van der Waals surface area contributed by atoms with E-state index in [-0.39, 0.29) is 6.54 Å². The number of alkyl halides is 3. The van der Waals surface area contributed by atoms with Gasteiger partial charge < -0.3 is 5.11 Å². The molecule has 102 valence electrons. The molecule has 0 saturated heterocycles. The molecule has 0 bridgehead atoms. The lowest BCUT2D eigenvalue weighted by Crippen LogP contribution is -2.37. The molecule has 0 spiro atoms. The van der Waals surface area contributed by atoms with Crippen molar-refractivity contribution < 1.29 is 23.1 Å². The van der Waals surface area contributed by atoms with Crippen LogP contribution in [-0.4, -0.2) is 40.2 Å². The Morgan fingerprint density at radius 3 is 2.56 bits per heavy atom. The van der Waals surface area contributed by atoms with E-state index >= 15 is 0 Å². The van der Waals surface area contributed by atoms with Gasteiger partial charge in [-0.2, -0.15) is 13.2 Å². The van der Waals surface area contributed by atoms with Crippen molar-refractivity contribution in [2.45, 2.75) is 19.6 Å². The molecule has 1 N–H and O–H groups in total. The molecule has 0 aliphatic rings. The second-order valence-electron chi connectivity index (χ2n) is 3.62. The van der Waals surface area contributed by atoms with Crippen LogP contribution in [0.1, 0.15) is 10.7 Å². The Morgan fingerprint density at radius 2 is 2.17 bits per heavy atom. The topological polar surface area (TPSA) is 53.4 Å². The SMILES string of the molecule is Cc1nc(CN(CC(=O)O)CC(F)(F)F)sc1Br. The highest BCUT2D eigenvalue weighted by Gasteiger charge is 2.32. The molecular weight excluding hydrogens is 337 g/mol. The van der Waals surface area contributed by atoms with Gasteiger partial charge in [-0.15, -0.1) is 11.3 Å². The minimum Gasteiger partial charge on any atom is -0.480 e. The Balaban J connectivity index is 2.74. The van der Waals surface area contributed by atoms with Gasteiger partial charge in [0.15, 0.2) is 0 Å². The zero-order chi connectivity index (χ0) is 13.9. The molecule has 1 rings (SSSR count). The number of hydrogen-bond donors (Lipinski definition) is 1. The summed E-state index contributed by atoms with van der Waals surface area (Å²) in [6.07, 6.45) is -4.43. The number of aliphatic carboxylic acids is 1. The van der Waals surface area contributed by atoms with Crippen molar-refractivity contribution in [3.8, 4) is 0 Å². The Kier molecular flexibility index (Phi) is 5.11. The van der Waals surface area contributed by atoms with Gasteiger partial charge >= 0.3 is 12.1 Å². The van der Waals surface area contributed by atoms with E-state index in [1.54, 1.807) is 6.92 Å². The number of carbonyl (C=O) groups is 1. The molecule has 0 aliphatic heterocycles. The molecule has 9 heteroatoms. The third-order valence-electron chi connectivity index (χ3n) is 1.90. The average Bonchev–Trinajstić information content (AvgIpc) is 2.40. The third-order valence-corrected chi connectivity index (χ3v) is 3.89. The van der Waals surface area contributed by atoms with E-state index < -0.39 is 25.2 Å². The van der Waals surface area contributed by atoms with Gasteiger partial charge in [-0.25, -0.2) is 4.98 Å². The quantitative estimate of drug-likeness (QED) is 0.890. The van der Waals surface area contributed by atoms with E-state index in [9.17, 15) is 18.0 Å². The molecular formula is C9H10BrF3N2O2S. The first kappa shape index (κ1) is 15.4. The number of hydrogen-bond acceptors (Lipinski definition) is 4. The normalized spacial score (nSPS) is 12.1. The zero-order valence-corrected chi connectivity index (χ0v) is 11.7. The first-order valence-electron chi connectivity index (χ1n) is 4.80. The fraction of sp³-hybridized carbons (Fsp3) is 0.556. The number of aryl methyl sites for hydroxylation is 1. The lowest BCUT2D eigenvalue weighted by molar-refractivity contribution is -0.154. The molecule has 1 aromatic rings. The lowest BCUT2D eigenvalue weighted by atomic mass is 10.4. The maximum Gasteiger partial charge on any atom is 0.401 e. The second kappa shape index (κ2) is 5.98. The maximum absolute atomic E-state index is 12.3. The number of carboxylic acids is 1. The lowest BCUT2D eigenvalue weighted by Gasteiger charge is -2.20. The van der Waals surface area contributed by atoms with Gasteiger partial charge in [0, 0.05) is 0 Å². The Bertz CT molecular complexity index is 416. The highest BCUT2D eigenvalue weighted by Crippen LogP contribution is 2.26. The standard InChI is InChI=1S/C9H10BrF3N2O2S/c1-5-8(10)18-6(14-5)2-15(3-7(16)17)4-9(11,12)13/h2-4H2,1H3,(H,16,17). The highest BCUT2D eigenvalue weighted by molar-refractivity contribution is 9.11. The van der Waals surface area contributed by atoms with E-state index in [4.69, 9.17) is 5.11 Å². The van der Waals surface area contributed by atoms with Crippen molar-refractivity contribution in [1.29, 1.82) is 0 Å². The molecule has 4 nitrogen and oxygen atoms in total. The van der Waals surface area contributed by atoms with E-state index in [0.29, 0.717) is 10.7 Å². The number of halogens is 4. The number of aromatic nitrogens is 1. The van der Waals surface area contributed by atoms with E-state index in [1.165, 1.54) is 11.3 Å². The number of thiazole rings is 1. The van der Waals surface area contributed by atoms with Crippen molar-refractivity contribution in [2.75, 3.05) is 13.1 Å². The predicted octanol–water partition coefficient (Wildman–Crippen LogP) is 2.66. The Labute approximate surface area is 114 Å². The molecule has 0 radical (unpaired) electrons. The summed E-state index contributed by atoms with van der Waals surface area (Å²) in [5, 5.41) is 9.03. The van der Waals surface area contributed by atoms with Gasteiger partial charge in [-0.3, -0.25) is 9.69 Å². The molecule has 1 heterocycles. The second-order valence-corrected chi connectivity index (χ2v) is 6.02. The zero-order valence-electron chi connectivity index (χ0n) is 9.29. The predicted molar refractivity (Wildman–Crippen MR) is 63.5 cm³/mol. The molecule has 18 heavy (non-hydrogen) atoms. The monoisotopic (exact) mass is 346 g/mol. The molecule has 0 atom stereocenters. The molecule has 0 amide bonds. The summed E-state index contributed by atoms with van der Waals surface area (Å²) in [7, 11) is 0. The van der Waals surface area contributed by atoms with Crippen molar-refractivity contribution in [1.82, 2.24) is 9.88 Å². The summed E-state index contributed by atoms with van der Waals surface area (Å²) in [5.74, 6) is -1.30. The van der Waals surface area contributed by atoms with Crippen LogP contribution in [0, 0.1) is 6.92 Å². The fourth-order valence-electron chi connectivity index (χ4n) is 1.30. The average molecular weight is 347 g/mol. The summed E-state index contributed by atoms with van der Waals surface area (Å²) in [6, 6.07) is 0. The van der Waals surface area contributed by atoms with E-state index in [2.05, 4.69) is 20.9 Å². The summed E-state index contributed by atoms with van der Waals surface area (Å²) >= 11 is 4.42. The molecule has 1 aromatic heterocycles. The molecule has 0 unspecified atom stereocenters. The summed E-state index contributed by atoms with van der Waals surface area (Å²) in [6.45, 7) is -0.358. The smallest absolute Gasteiger partial charge is 0.401 e. The Hall–Kier alpha value is -0.670. The van der Waals surface area contributed by atoms with Gasteiger partial charge in [0.25, 0.3) is 0 Å². The summed E-state index contributed by atoms with van der Waals surface area (Å²) in [5.41, 5.74) is 0.678. The van der Waals surface area contributed by atoms with Gasteiger partial charge in [0.05, 0.1) is 29.1 Å². The maximum atomic E-state index is 12.3. The van der Waals surface area contributed by atoms with Crippen LogP contribution in [0.15, 0.2) is 3.79 Å². The Morgan fingerprint density at radius 1 is 1.56 bits per heavy atom. The van der Waals surface area contributed by atoms with Crippen LogP contribution in [0.3, 0.4) is 0 Å². The number of rotatable bonds is 5. The van der Waals surface area contributed by atoms with Crippen molar-refractivity contribution in [3.05, 3.63) is 14.5 Å². The van der Waals surface area contributed by atoms with Crippen LogP contribution in [-0.2, 0) is 11.3 Å². The summed E-state index contributed by atoms with van der Waals surface area (Å²) in [4.78, 5) is 15.4. The molecule has 0 saturated carbocycles. The van der Waals surface area contributed by atoms with Crippen LogP contribution >= 0.6 is 27.3 Å². The summed E-state index contributed by atoms with van der Waals surface area (Å²) < 4.78 is 37.6. The van der Waals surface area contributed by atoms with Gasteiger partial charge in [-0.1, -0.05) is 0 Å². The first-order chi connectivity index (χ1) is 8.17. The van der Waals surface area contributed by atoms with Gasteiger partial charge in [-0.05, 0) is 22.9 Å². The van der Waals surface area contributed by atoms with Crippen LogP contribution in [0.5, 0.6) is 0 Å². The van der Waals surface area contributed by atoms with Crippen LogP contribution in [0.2, 0.25) is 0 Å². The molecule has 0 fully saturated rings. The van der Waals surface area contributed by atoms with Crippen LogP contribution < -0.4 is 0 Å². The molecule has 0 aromatic carbocycles. The highest BCUT2D eigenvalue weighted by atomic mass is 79.9. The van der Waals surface area contributed by atoms with Crippen molar-refractivity contribution in [3.63, 3.8) is 0 Å². The largest absolute Gasteiger partial charge is 0.480 e. The number of nitrogens with zero attached hydrogens (tertiary/aromatic N) is 2. The third kappa shape index (κ3) is 5.32. The van der Waals surface area contributed by atoms with E-state index in [1.807, 2.05) is 0 Å². The molecule has 0 aliphatic carbocycles. The van der Waals surface area contributed by atoms with Crippen molar-refractivity contribution >= 4 is 33.2 Å². The van der Waals surface area contributed by atoms with Crippen LogP contribution in [0.4, 0.5) is 13.2 Å². The van der Waals surface area contributed by atoms with E-state index in [0.717, 1.165) is 8.69 Å². The number of carboxylic acid groups (broad SMARTS) is 1. The first-order valence-corrected chi connectivity index (χ1v) is 6.41. The minimum atomic E-state index is -4.43. The fourth-order valence-corrected chi connectivity index (χ4v) is 2.78. The minimum absolute atomic E-state index is 0.136. The van der Waals surface area contributed by atoms with Crippen molar-refractivity contribution in [2.24, 2.45) is 0 Å².